The molecular weight excluding hydrogens is 362 g/mol. The highest BCUT2D eigenvalue weighted by Gasteiger charge is 2.22. The molecule has 0 heterocycles. The molecule has 0 aliphatic carbocycles. The van der Waals surface area contributed by atoms with Gasteiger partial charge in [0, 0.05) is 19.6 Å². The summed E-state index contributed by atoms with van der Waals surface area (Å²) in [7, 11) is -1.96. The van der Waals surface area contributed by atoms with Gasteiger partial charge in [-0.25, -0.2) is 8.42 Å². The summed E-state index contributed by atoms with van der Waals surface area (Å²) < 4.78 is 26.2. The summed E-state index contributed by atoms with van der Waals surface area (Å²) >= 11 is 0. The van der Waals surface area contributed by atoms with Crippen molar-refractivity contribution in [2.24, 2.45) is 5.73 Å². The summed E-state index contributed by atoms with van der Waals surface area (Å²) in [6.07, 6.45) is 0. The third-order valence-corrected chi connectivity index (χ3v) is 6.56. The third-order valence-electron chi connectivity index (χ3n) is 4.51. The predicted octanol–water partition coefficient (Wildman–Crippen LogP) is 2.34. The topological polar surface area (TPSA) is 92.5 Å². The Labute approximate surface area is 161 Å². The van der Waals surface area contributed by atoms with Gasteiger partial charge in [-0.15, -0.1) is 0 Å². The van der Waals surface area contributed by atoms with Crippen LogP contribution in [0.1, 0.15) is 36.6 Å². The van der Waals surface area contributed by atoms with Crippen molar-refractivity contribution in [3.8, 4) is 0 Å². The number of hydrogen-bond acceptors (Lipinski definition) is 4. The van der Waals surface area contributed by atoms with Crippen LogP contribution in [-0.4, -0.2) is 31.7 Å². The minimum Gasteiger partial charge on any atom is -0.350 e. The molecule has 6 nitrogen and oxygen atoms in total. The first-order chi connectivity index (χ1) is 12.6. The van der Waals surface area contributed by atoms with Crippen molar-refractivity contribution in [3.63, 3.8) is 0 Å². The van der Waals surface area contributed by atoms with Crippen LogP contribution in [0.2, 0.25) is 0 Å². The number of carbonyl (C=O) groups excluding carboxylic acids is 1. The number of nitrogens with zero attached hydrogens (tertiary/aromatic N) is 1. The average Bonchev–Trinajstić information content (AvgIpc) is 2.65. The Morgan fingerprint density at radius 2 is 1.63 bits per heavy atom. The number of rotatable bonds is 7. The number of benzene rings is 2. The van der Waals surface area contributed by atoms with Crippen LogP contribution in [0.4, 0.5) is 0 Å². The van der Waals surface area contributed by atoms with Crippen molar-refractivity contribution in [2.45, 2.75) is 44.3 Å². The largest absolute Gasteiger partial charge is 0.350 e. The van der Waals surface area contributed by atoms with Crippen molar-refractivity contribution in [3.05, 3.63) is 65.2 Å². The quantitative estimate of drug-likeness (QED) is 0.760. The molecule has 2 aromatic rings. The molecule has 7 heteroatoms. The van der Waals surface area contributed by atoms with Gasteiger partial charge < -0.3 is 11.1 Å². The molecule has 0 fully saturated rings. The fourth-order valence-corrected chi connectivity index (χ4v) is 3.82. The van der Waals surface area contributed by atoms with E-state index in [4.69, 9.17) is 5.73 Å². The molecule has 0 aliphatic heterocycles. The second kappa shape index (κ2) is 8.65. The second-order valence-corrected chi connectivity index (χ2v) is 8.86. The Balaban J connectivity index is 2.00. The van der Waals surface area contributed by atoms with E-state index in [1.54, 1.807) is 31.3 Å². The summed E-state index contributed by atoms with van der Waals surface area (Å²) in [6.45, 7) is 5.88. The van der Waals surface area contributed by atoms with Crippen molar-refractivity contribution in [2.75, 3.05) is 7.05 Å². The maximum absolute atomic E-state index is 12.5. The summed E-state index contributed by atoms with van der Waals surface area (Å²) in [5.74, 6) is -0.282. The first-order valence-electron chi connectivity index (χ1n) is 8.79. The Morgan fingerprint density at radius 1 is 1.07 bits per heavy atom. The molecule has 0 saturated carbocycles. The standard InChI is InChI=1S/C20H27N3O3S/c1-14(2)23(4)27(25,26)18-11-7-16(8-12-18)13-22-20(24)19(21)17-9-5-15(3)6-10-17/h5-12,14,19H,13,21H2,1-4H3,(H,22,24). The van der Waals surface area contributed by atoms with Gasteiger partial charge in [0.05, 0.1) is 4.90 Å². The number of nitrogens with two attached hydrogens (primary N) is 1. The van der Waals surface area contributed by atoms with E-state index < -0.39 is 16.1 Å². The van der Waals surface area contributed by atoms with E-state index in [1.807, 2.05) is 45.0 Å². The molecule has 3 N–H and O–H groups in total. The smallest absolute Gasteiger partial charge is 0.243 e. The second-order valence-electron chi connectivity index (χ2n) is 6.87. The fourth-order valence-electron chi connectivity index (χ4n) is 2.45. The van der Waals surface area contributed by atoms with Crippen LogP contribution in [0, 0.1) is 6.92 Å². The van der Waals surface area contributed by atoms with Crippen LogP contribution < -0.4 is 11.1 Å². The van der Waals surface area contributed by atoms with Gasteiger partial charge >= 0.3 is 0 Å². The molecule has 146 valence electrons. The van der Waals surface area contributed by atoms with E-state index in [1.165, 1.54) is 4.31 Å². The molecule has 27 heavy (non-hydrogen) atoms. The molecular formula is C20H27N3O3S. The Bertz CT molecular complexity index is 876. The van der Waals surface area contributed by atoms with E-state index in [9.17, 15) is 13.2 Å². The number of hydrogen-bond donors (Lipinski definition) is 2. The molecule has 1 amide bonds. The van der Waals surface area contributed by atoms with Crippen LogP contribution in [0.5, 0.6) is 0 Å². The van der Waals surface area contributed by atoms with Gasteiger partial charge in [-0.3, -0.25) is 4.79 Å². The number of nitrogens with one attached hydrogen (secondary N) is 1. The lowest BCUT2D eigenvalue weighted by Gasteiger charge is -2.21. The van der Waals surface area contributed by atoms with Crippen molar-refractivity contribution < 1.29 is 13.2 Å². The fraction of sp³-hybridized carbons (Fsp3) is 0.350. The van der Waals surface area contributed by atoms with Crippen molar-refractivity contribution >= 4 is 15.9 Å². The lowest BCUT2D eigenvalue weighted by atomic mass is 10.1. The van der Waals surface area contributed by atoms with Gasteiger partial charge in [-0.05, 0) is 44.0 Å². The maximum Gasteiger partial charge on any atom is 0.243 e. The monoisotopic (exact) mass is 389 g/mol. The van der Waals surface area contributed by atoms with E-state index in [2.05, 4.69) is 5.32 Å². The third kappa shape index (κ3) is 5.15. The Morgan fingerprint density at radius 3 is 2.15 bits per heavy atom. The molecule has 1 unspecified atom stereocenters. The maximum atomic E-state index is 12.5. The van der Waals surface area contributed by atoms with Crippen LogP contribution >= 0.6 is 0 Å². The zero-order valence-electron chi connectivity index (χ0n) is 16.1. The van der Waals surface area contributed by atoms with Crippen LogP contribution in [-0.2, 0) is 21.4 Å². The zero-order chi connectivity index (χ0) is 20.2. The molecule has 0 bridgehead atoms. The van der Waals surface area contributed by atoms with E-state index in [0.29, 0.717) is 0 Å². The first kappa shape index (κ1) is 21.1. The Hall–Kier alpha value is -2.22. The summed E-state index contributed by atoms with van der Waals surface area (Å²) in [5.41, 5.74) is 8.64. The molecule has 0 aliphatic rings. The SMILES string of the molecule is Cc1ccc(C(N)C(=O)NCc2ccc(S(=O)(=O)N(C)C(C)C)cc2)cc1. The van der Waals surface area contributed by atoms with Gasteiger partial charge in [0.1, 0.15) is 6.04 Å². The number of sulfonamides is 1. The molecule has 0 saturated heterocycles. The van der Waals surface area contributed by atoms with Gasteiger partial charge in [-0.2, -0.15) is 4.31 Å². The van der Waals surface area contributed by atoms with Crippen LogP contribution in [0.15, 0.2) is 53.4 Å². The van der Waals surface area contributed by atoms with E-state index >= 15 is 0 Å². The first-order valence-corrected chi connectivity index (χ1v) is 10.2. The predicted molar refractivity (Wildman–Crippen MR) is 106 cm³/mol. The molecule has 0 radical (unpaired) electrons. The molecule has 1 atom stereocenters. The van der Waals surface area contributed by atoms with Crippen molar-refractivity contribution in [1.29, 1.82) is 0 Å². The summed E-state index contributed by atoms with van der Waals surface area (Å²) in [4.78, 5) is 12.5. The lowest BCUT2D eigenvalue weighted by Crippen LogP contribution is -2.34. The highest BCUT2D eigenvalue weighted by atomic mass is 32.2. The minimum absolute atomic E-state index is 0.128. The number of carbonyl (C=O) groups is 1. The van der Waals surface area contributed by atoms with Crippen LogP contribution in [0.25, 0.3) is 0 Å². The number of amides is 1. The average molecular weight is 390 g/mol. The summed E-state index contributed by atoms with van der Waals surface area (Å²) in [6, 6.07) is 13.1. The molecule has 2 rings (SSSR count). The zero-order valence-corrected chi connectivity index (χ0v) is 17.0. The van der Waals surface area contributed by atoms with E-state index in [-0.39, 0.29) is 23.4 Å². The molecule has 2 aromatic carbocycles. The number of aryl methyl sites for hydroxylation is 1. The lowest BCUT2D eigenvalue weighted by molar-refractivity contribution is -0.122. The van der Waals surface area contributed by atoms with Gasteiger partial charge in [0.25, 0.3) is 0 Å². The van der Waals surface area contributed by atoms with Crippen molar-refractivity contribution in [1.82, 2.24) is 9.62 Å². The van der Waals surface area contributed by atoms with Gasteiger partial charge in [-0.1, -0.05) is 42.0 Å². The van der Waals surface area contributed by atoms with Crippen LogP contribution in [0.3, 0.4) is 0 Å². The molecule has 0 aromatic heterocycles. The van der Waals surface area contributed by atoms with E-state index in [0.717, 1.165) is 16.7 Å². The van der Waals surface area contributed by atoms with Gasteiger partial charge in [0.2, 0.25) is 15.9 Å². The van der Waals surface area contributed by atoms with Gasteiger partial charge in [0.15, 0.2) is 0 Å². The minimum atomic E-state index is -3.51. The normalized spacial score (nSPS) is 13.0. The Kier molecular flexibility index (Phi) is 6.75. The highest BCUT2D eigenvalue weighted by molar-refractivity contribution is 7.89. The highest BCUT2D eigenvalue weighted by Crippen LogP contribution is 2.17. The summed E-state index contributed by atoms with van der Waals surface area (Å²) in [5, 5.41) is 2.79. The molecule has 0 spiro atoms.